The quantitative estimate of drug-likeness (QED) is 0.100. The van der Waals surface area contributed by atoms with Crippen LogP contribution in [0.5, 0.6) is 11.6 Å². The monoisotopic (exact) mass is 760 g/mol. The number of halogens is 1. The number of carbonyl (C=O) groups excluding carboxylic acids is 3. The van der Waals surface area contributed by atoms with Crippen molar-refractivity contribution in [3.8, 4) is 11.6 Å². The van der Waals surface area contributed by atoms with Crippen LogP contribution >= 0.6 is 11.6 Å². The van der Waals surface area contributed by atoms with Gasteiger partial charge in [0.05, 0.1) is 34.9 Å². The topological polar surface area (TPSA) is 120 Å². The Kier molecular flexibility index (Phi) is 11.4. The van der Waals surface area contributed by atoms with Crippen LogP contribution in [0.1, 0.15) is 77.8 Å². The van der Waals surface area contributed by atoms with E-state index in [-0.39, 0.29) is 46.0 Å². The van der Waals surface area contributed by atoms with Gasteiger partial charge in [-0.05, 0) is 105 Å². The van der Waals surface area contributed by atoms with E-state index in [9.17, 15) is 18.6 Å². The number of benzene rings is 2. The molecule has 0 unspecified atom stereocenters. The van der Waals surface area contributed by atoms with Crippen molar-refractivity contribution in [2.45, 2.75) is 63.0 Å². The molecular formula is C41H49ClN4O6S. The van der Waals surface area contributed by atoms with E-state index in [2.05, 4.69) is 33.6 Å². The lowest BCUT2D eigenvalue weighted by atomic mass is 9.69. The van der Waals surface area contributed by atoms with Crippen LogP contribution in [0, 0.1) is 17.8 Å². The number of amides is 1. The molecule has 1 fully saturated rings. The van der Waals surface area contributed by atoms with Crippen LogP contribution in [0.3, 0.4) is 0 Å². The molecule has 3 aliphatic rings. The molecule has 1 spiro atoms. The molecule has 1 aliphatic heterocycles. The number of carbonyl (C=O) groups is 3. The Hall–Kier alpha value is -4.22. The highest BCUT2D eigenvalue weighted by atomic mass is 35.5. The third kappa shape index (κ3) is 7.74. The van der Waals surface area contributed by atoms with E-state index < -0.39 is 32.4 Å². The molecular weight excluding hydrogens is 712 g/mol. The SMILES string of the molecule is C=CC[C@H](C)[C@@H](C)[S@@](=O)(CC(=O)c1cn(C)nc1OC)=NC(=O)c1ccc2c(c1)N(C[C@@H]1CC[C@H]1C(=O)C=C)C[C@@]1(CCCc3cc(Cl)ccc31)CO2. The lowest BCUT2D eigenvalue weighted by molar-refractivity contribution is -0.122. The van der Waals surface area contributed by atoms with Crippen molar-refractivity contribution in [2.24, 2.45) is 29.2 Å². The molecule has 0 saturated heterocycles. The maximum absolute atomic E-state index is 14.9. The highest BCUT2D eigenvalue weighted by Crippen LogP contribution is 2.46. The van der Waals surface area contributed by atoms with Crippen LogP contribution in [0.2, 0.25) is 5.02 Å². The van der Waals surface area contributed by atoms with E-state index >= 15 is 0 Å². The van der Waals surface area contributed by atoms with E-state index in [0.29, 0.717) is 36.9 Å². The minimum absolute atomic E-state index is 0.0515. The van der Waals surface area contributed by atoms with Gasteiger partial charge in [0, 0.05) is 53.5 Å². The fraction of sp³-hybridized carbons (Fsp3) is 0.463. The van der Waals surface area contributed by atoms with Gasteiger partial charge in [0.2, 0.25) is 5.88 Å². The lowest BCUT2D eigenvalue weighted by Crippen LogP contribution is -2.49. The van der Waals surface area contributed by atoms with Crippen molar-refractivity contribution in [2.75, 3.05) is 37.5 Å². The van der Waals surface area contributed by atoms with E-state index in [1.807, 2.05) is 19.1 Å². The standard InChI is InChI=1S/C41H49ClN4O6S/c1-7-10-26(3)27(4)53(50,23-37(48)33-22-45(5)43-40(33)51-6)44-39(49)29-13-17-38-35(20-29)46(21-30-12-15-32(30)36(47)8-2)24-41(25-52-38)18-9-11-28-19-31(42)14-16-34(28)41/h7-8,13-14,16-17,19-20,22,26-27,30,32H,1-2,9-12,15,18,21,23-25H2,3-6H3/t26-,27+,30-,32+,41-,53-/m0/s1. The van der Waals surface area contributed by atoms with Gasteiger partial charge in [-0.15, -0.1) is 11.7 Å². The molecule has 1 saturated carbocycles. The predicted molar refractivity (Wildman–Crippen MR) is 209 cm³/mol. The number of aryl methyl sites for hydroxylation is 2. The zero-order chi connectivity index (χ0) is 38.1. The molecule has 6 atom stereocenters. The predicted octanol–water partition coefficient (Wildman–Crippen LogP) is 7.43. The number of hydrogen-bond acceptors (Lipinski definition) is 8. The number of fused-ring (bicyclic) bond motifs is 3. The molecule has 1 aromatic heterocycles. The summed E-state index contributed by atoms with van der Waals surface area (Å²) in [5.41, 5.74) is 3.21. The second-order valence-electron chi connectivity index (χ2n) is 14.9. The van der Waals surface area contributed by atoms with Crippen LogP contribution in [0.15, 0.2) is 72.3 Å². The molecule has 10 nitrogen and oxygen atoms in total. The van der Waals surface area contributed by atoms with Crippen molar-refractivity contribution in [3.63, 3.8) is 0 Å². The van der Waals surface area contributed by atoms with Crippen LogP contribution < -0.4 is 14.4 Å². The largest absolute Gasteiger partial charge is 0.490 e. The maximum Gasteiger partial charge on any atom is 0.285 e. The molecule has 0 N–H and O–H groups in total. The van der Waals surface area contributed by atoms with Gasteiger partial charge in [-0.3, -0.25) is 19.1 Å². The Labute approximate surface area is 317 Å². The van der Waals surface area contributed by atoms with Crippen molar-refractivity contribution < 1.29 is 28.1 Å². The van der Waals surface area contributed by atoms with E-state index in [4.69, 9.17) is 21.1 Å². The normalized spacial score (nSPS) is 22.8. The lowest BCUT2D eigenvalue weighted by Gasteiger charge is -2.44. The van der Waals surface area contributed by atoms with Crippen molar-refractivity contribution in [1.29, 1.82) is 0 Å². The number of nitrogens with zero attached hydrogens (tertiary/aromatic N) is 4. The van der Waals surface area contributed by atoms with E-state index in [0.717, 1.165) is 37.8 Å². The fourth-order valence-corrected chi connectivity index (χ4v) is 10.6. The Balaban J connectivity index is 1.39. The van der Waals surface area contributed by atoms with Crippen LogP contribution in [-0.2, 0) is 33.4 Å². The van der Waals surface area contributed by atoms with Gasteiger partial charge in [0.25, 0.3) is 5.91 Å². The Morgan fingerprint density at radius 2 is 1.98 bits per heavy atom. The third-order valence-electron chi connectivity index (χ3n) is 11.5. The van der Waals surface area contributed by atoms with Crippen molar-refractivity contribution in [1.82, 2.24) is 9.78 Å². The first kappa shape index (κ1) is 38.5. The summed E-state index contributed by atoms with van der Waals surface area (Å²) >= 11 is 6.44. The third-order valence-corrected chi connectivity index (χ3v) is 14.5. The minimum Gasteiger partial charge on any atom is -0.490 e. The summed E-state index contributed by atoms with van der Waals surface area (Å²) < 4.78 is 32.6. The van der Waals surface area contributed by atoms with Gasteiger partial charge in [0.15, 0.2) is 11.6 Å². The van der Waals surface area contributed by atoms with Gasteiger partial charge in [0.1, 0.15) is 11.3 Å². The number of ether oxygens (including phenoxy) is 2. The van der Waals surface area contributed by atoms with Gasteiger partial charge in [-0.25, -0.2) is 4.21 Å². The number of allylic oxidation sites excluding steroid dienone is 2. The second-order valence-corrected chi connectivity index (χ2v) is 18.0. The summed E-state index contributed by atoms with van der Waals surface area (Å²) in [5, 5.41) is 4.26. The minimum atomic E-state index is -3.45. The number of Topliss-reactive ketones (excluding diaryl/α,β-unsaturated/α-hetero) is 1. The molecule has 3 aromatic rings. The Bertz CT molecular complexity index is 2070. The Morgan fingerprint density at radius 3 is 2.68 bits per heavy atom. The average Bonchev–Trinajstić information content (AvgIpc) is 3.44. The summed E-state index contributed by atoms with van der Waals surface area (Å²) in [5.74, 6) is -0.998. The fourth-order valence-electron chi connectivity index (χ4n) is 8.18. The summed E-state index contributed by atoms with van der Waals surface area (Å²) in [4.78, 5) is 42.9. The molecule has 0 radical (unpaired) electrons. The van der Waals surface area contributed by atoms with Crippen molar-refractivity contribution >= 4 is 44.5 Å². The zero-order valence-corrected chi connectivity index (χ0v) is 32.6. The Morgan fingerprint density at radius 1 is 1.19 bits per heavy atom. The zero-order valence-electron chi connectivity index (χ0n) is 31.0. The van der Waals surface area contributed by atoms with Crippen LogP contribution in [0.4, 0.5) is 5.69 Å². The highest BCUT2D eigenvalue weighted by molar-refractivity contribution is 7.95. The van der Waals surface area contributed by atoms with Gasteiger partial charge >= 0.3 is 0 Å². The molecule has 0 bridgehead atoms. The number of ketones is 2. The first-order chi connectivity index (χ1) is 25.3. The number of rotatable bonds is 13. The summed E-state index contributed by atoms with van der Waals surface area (Å²) in [6, 6.07) is 11.3. The van der Waals surface area contributed by atoms with Crippen LogP contribution in [0.25, 0.3) is 0 Å². The highest BCUT2D eigenvalue weighted by Gasteiger charge is 2.44. The number of methoxy groups -OCH3 is 1. The number of hydrogen-bond donors (Lipinski definition) is 0. The smallest absolute Gasteiger partial charge is 0.285 e. The van der Waals surface area contributed by atoms with E-state index in [1.165, 1.54) is 35.2 Å². The van der Waals surface area contributed by atoms with Crippen LogP contribution in [-0.4, -0.2) is 69.3 Å². The molecule has 2 aromatic carbocycles. The average molecular weight is 761 g/mol. The number of aromatic nitrogens is 2. The number of anilines is 1. The van der Waals surface area contributed by atoms with Gasteiger partial charge in [-0.1, -0.05) is 37.2 Å². The van der Waals surface area contributed by atoms with Gasteiger partial charge < -0.3 is 14.4 Å². The van der Waals surface area contributed by atoms with Gasteiger partial charge in [-0.2, -0.15) is 4.36 Å². The van der Waals surface area contributed by atoms with E-state index in [1.54, 1.807) is 38.2 Å². The summed E-state index contributed by atoms with van der Waals surface area (Å²) in [7, 11) is -0.373. The first-order valence-corrected chi connectivity index (χ1v) is 20.4. The van der Waals surface area contributed by atoms with Crippen molar-refractivity contribution in [3.05, 3.63) is 95.2 Å². The summed E-state index contributed by atoms with van der Waals surface area (Å²) in [6.45, 7) is 12.9. The molecule has 2 aliphatic carbocycles. The molecule has 2 heterocycles. The summed E-state index contributed by atoms with van der Waals surface area (Å²) in [6.07, 6.45) is 9.74. The molecule has 282 valence electrons. The molecule has 12 heteroatoms. The molecule has 1 amide bonds. The first-order valence-electron chi connectivity index (χ1n) is 18.3. The second kappa shape index (κ2) is 15.6. The molecule has 53 heavy (non-hydrogen) atoms. The molecule has 6 rings (SSSR count). The maximum atomic E-state index is 14.9.